The van der Waals surface area contributed by atoms with Crippen molar-refractivity contribution < 1.29 is 4.79 Å². The average molecular weight is 384 g/mol. The first kappa shape index (κ1) is 16.1. The number of anilines is 1. The third-order valence-electron chi connectivity index (χ3n) is 3.36. The molecule has 0 saturated heterocycles. The lowest BCUT2D eigenvalue weighted by atomic mass is 10.1. The predicted molar refractivity (Wildman–Crippen MR) is 96.7 cm³/mol. The highest BCUT2D eigenvalue weighted by atomic mass is 79.9. The zero-order valence-corrected chi connectivity index (χ0v) is 14.2. The van der Waals surface area contributed by atoms with E-state index in [-0.39, 0.29) is 18.0 Å². The zero-order chi connectivity index (χ0) is 16.9. The number of hydrogen-bond donors (Lipinski definition) is 1. The van der Waals surface area contributed by atoms with Crippen LogP contribution in [0.4, 0.5) is 5.69 Å². The minimum atomic E-state index is -0.319. The predicted octanol–water partition coefficient (Wildman–Crippen LogP) is 3.31. The Hall–Kier alpha value is -2.73. The minimum absolute atomic E-state index is 0.143. The molecule has 1 N–H and O–H groups in total. The standard InChI is InChI=1S/C18H14BrN3O2/c19-14-6-8-15(9-7-14)20-17(23)12-22-18(24)11-10-16(21-22)13-4-2-1-3-5-13/h1-11H,12H2,(H,20,23). The topological polar surface area (TPSA) is 64.0 Å². The number of nitrogens with one attached hydrogen (secondary N) is 1. The molecule has 2 aromatic carbocycles. The van der Waals surface area contributed by atoms with Crippen molar-refractivity contribution in [1.29, 1.82) is 0 Å². The molecule has 3 aromatic rings. The summed E-state index contributed by atoms with van der Waals surface area (Å²) in [5.41, 5.74) is 1.88. The van der Waals surface area contributed by atoms with Crippen LogP contribution in [0.1, 0.15) is 0 Å². The van der Waals surface area contributed by atoms with Gasteiger partial charge in [-0.15, -0.1) is 0 Å². The van der Waals surface area contributed by atoms with Gasteiger partial charge in [0.15, 0.2) is 0 Å². The maximum absolute atomic E-state index is 12.1. The van der Waals surface area contributed by atoms with Crippen LogP contribution < -0.4 is 10.9 Å². The molecular weight excluding hydrogens is 370 g/mol. The van der Waals surface area contributed by atoms with Gasteiger partial charge in [0, 0.05) is 21.8 Å². The van der Waals surface area contributed by atoms with E-state index in [0.29, 0.717) is 11.4 Å². The second-order valence-corrected chi connectivity index (χ2v) is 6.05. The Morgan fingerprint density at radius 3 is 2.42 bits per heavy atom. The summed E-state index contributed by atoms with van der Waals surface area (Å²) in [6.45, 7) is -0.143. The van der Waals surface area contributed by atoms with E-state index in [1.54, 1.807) is 18.2 Å². The molecular formula is C18H14BrN3O2. The van der Waals surface area contributed by atoms with E-state index in [9.17, 15) is 9.59 Å². The summed E-state index contributed by atoms with van der Waals surface area (Å²) in [6.07, 6.45) is 0. The molecule has 0 spiro atoms. The fraction of sp³-hybridized carbons (Fsp3) is 0.0556. The second-order valence-electron chi connectivity index (χ2n) is 5.14. The van der Waals surface area contributed by atoms with E-state index in [4.69, 9.17) is 0 Å². The van der Waals surface area contributed by atoms with E-state index < -0.39 is 0 Å². The van der Waals surface area contributed by atoms with Crippen molar-refractivity contribution in [1.82, 2.24) is 9.78 Å². The lowest BCUT2D eigenvalue weighted by molar-refractivity contribution is -0.117. The van der Waals surface area contributed by atoms with Crippen molar-refractivity contribution in [2.75, 3.05) is 5.32 Å². The van der Waals surface area contributed by atoms with Crippen molar-refractivity contribution in [3.05, 3.63) is 81.6 Å². The molecule has 0 bridgehead atoms. The molecule has 0 fully saturated rings. The van der Waals surface area contributed by atoms with Gasteiger partial charge in [-0.2, -0.15) is 5.10 Å². The quantitative estimate of drug-likeness (QED) is 0.751. The summed E-state index contributed by atoms with van der Waals surface area (Å²) < 4.78 is 2.09. The number of nitrogens with zero attached hydrogens (tertiary/aromatic N) is 2. The van der Waals surface area contributed by atoms with Crippen LogP contribution in [0.5, 0.6) is 0 Å². The molecule has 0 saturated carbocycles. The van der Waals surface area contributed by atoms with Gasteiger partial charge in [-0.05, 0) is 30.3 Å². The largest absolute Gasteiger partial charge is 0.324 e. The Labute approximate surface area is 147 Å². The van der Waals surface area contributed by atoms with E-state index in [1.807, 2.05) is 42.5 Å². The minimum Gasteiger partial charge on any atom is -0.324 e. The van der Waals surface area contributed by atoms with Crippen LogP contribution in [0.25, 0.3) is 11.3 Å². The third-order valence-corrected chi connectivity index (χ3v) is 3.89. The molecule has 6 heteroatoms. The molecule has 1 aromatic heterocycles. The summed E-state index contributed by atoms with van der Waals surface area (Å²) in [6, 6.07) is 19.8. The molecule has 3 rings (SSSR count). The smallest absolute Gasteiger partial charge is 0.267 e. The van der Waals surface area contributed by atoms with Crippen molar-refractivity contribution >= 4 is 27.5 Å². The van der Waals surface area contributed by atoms with Crippen LogP contribution >= 0.6 is 15.9 Å². The summed E-state index contributed by atoms with van der Waals surface area (Å²) in [7, 11) is 0. The van der Waals surface area contributed by atoms with Crippen LogP contribution in [-0.4, -0.2) is 15.7 Å². The molecule has 0 unspecified atom stereocenters. The first-order chi connectivity index (χ1) is 11.6. The lowest BCUT2D eigenvalue weighted by Crippen LogP contribution is -2.29. The summed E-state index contributed by atoms with van der Waals surface area (Å²) >= 11 is 3.34. The van der Waals surface area contributed by atoms with Gasteiger partial charge in [0.1, 0.15) is 6.54 Å². The molecule has 24 heavy (non-hydrogen) atoms. The van der Waals surface area contributed by atoms with Gasteiger partial charge in [-0.3, -0.25) is 9.59 Å². The van der Waals surface area contributed by atoms with Gasteiger partial charge in [0.2, 0.25) is 5.91 Å². The zero-order valence-electron chi connectivity index (χ0n) is 12.6. The first-order valence-corrected chi connectivity index (χ1v) is 8.10. The van der Waals surface area contributed by atoms with Gasteiger partial charge in [0.05, 0.1) is 5.69 Å². The molecule has 1 heterocycles. The van der Waals surface area contributed by atoms with Crippen molar-refractivity contribution in [2.45, 2.75) is 6.54 Å². The van der Waals surface area contributed by atoms with Crippen LogP contribution in [0, 0.1) is 0 Å². The number of halogens is 1. The highest BCUT2D eigenvalue weighted by Gasteiger charge is 2.08. The monoisotopic (exact) mass is 383 g/mol. The van der Waals surface area contributed by atoms with E-state index in [2.05, 4.69) is 26.3 Å². The maximum atomic E-state index is 12.1. The molecule has 1 amide bonds. The molecule has 0 aliphatic heterocycles. The molecule has 0 atom stereocenters. The van der Waals surface area contributed by atoms with E-state index in [0.717, 1.165) is 14.7 Å². The number of aromatic nitrogens is 2. The van der Waals surface area contributed by atoms with Crippen molar-refractivity contribution in [3.8, 4) is 11.3 Å². The van der Waals surface area contributed by atoms with Gasteiger partial charge < -0.3 is 5.32 Å². The van der Waals surface area contributed by atoms with Crippen LogP contribution in [0.15, 0.2) is 76.0 Å². The van der Waals surface area contributed by atoms with Gasteiger partial charge in [0.25, 0.3) is 5.56 Å². The Morgan fingerprint density at radius 2 is 1.71 bits per heavy atom. The molecule has 0 aliphatic carbocycles. The number of carbonyl (C=O) groups excluding carboxylic acids is 1. The summed E-state index contributed by atoms with van der Waals surface area (Å²) in [5.74, 6) is -0.308. The van der Waals surface area contributed by atoms with Gasteiger partial charge >= 0.3 is 0 Å². The fourth-order valence-corrected chi connectivity index (χ4v) is 2.46. The Kier molecular flexibility index (Phi) is 4.86. The molecule has 0 aliphatic rings. The lowest BCUT2D eigenvalue weighted by Gasteiger charge is -2.08. The van der Waals surface area contributed by atoms with Crippen LogP contribution in [-0.2, 0) is 11.3 Å². The third kappa shape index (κ3) is 3.97. The Bertz CT molecular complexity index is 906. The van der Waals surface area contributed by atoms with E-state index in [1.165, 1.54) is 6.07 Å². The molecule has 0 radical (unpaired) electrons. The van der Waals surface area contributed by atoms with E-state index >= 15 is 0 Å². The van der Waals surface area contributed by atoms with Gasteiger partial charge in [-0.25, -0.2) is 4.68 Å². The summed E-state index contributed by atoms with van der Waals surface area (Å²) in [5, 5.41) is 7.02. The van der Waals surface area contributed by atoms with Crippen molar-refractivity contribution in [2.24, 2.45) is 0 Å². The number of benzene rings is 2. The first-order valence-electron chi connectivity index (χ1n) is 7.31. The maximum Gasteiger partial charge on any atom is 0.267 e. The van der Waals surface area contributed by atoms with Crippen LogP contribution in [0.2, 0.25) is 0 Å². The number of hydrogen-bond acceptors (Lipinski definition) is 3. The highest BCUT2D eigenvalue weighted by molar-refractivity contribution is 9.10. The normalized spacial score (nSPS) is 10.4. The Balaban J connectivity index is 1.78. The molecule has 5 nitrogen and oxygen atoms in total. The van der Waals surface area contributed by atoms with Crippen LogP contribution in [0.3, 0.4) is 0 Å². The summed E-state index contributed by atoms with van der Waals surface area (Å²) in [4.78, 5) is 24.1. The fourth-order valence-electron chi connectivity index (χ4n) is 2.19. The second kappa shape index (κ2) is 7.23. The molecule has 120 valence electrons. The number of amides is 1. The SMILES string of the molecule is O=C(Cn1nc(-c2ccccc2)ccc1=O)Nc1ccc(Br)cc1. The van der Waals surface area contributed by atoms with Crippen molar-refractivity contribution in [3.63, 3.8) is 0 Å². The number of rotatable bonds is 4. The average Bonchev–Trinajstić information content (AvgIpc) is 2.60. The van der Waals surface area contributed by atoms with Gasteiger partial charge in [-0.1, -0.05) is 46.3 Å². The number of carbonyl (C=O) groups is 1. The Morgan fingerprint density at radius 1 is 1.00 bits per heavy atom. The highest BCUT2D eigenvalue weighted by Crippen LogP contribution is 2.15.